The zero-order valence-electron chi connectivity index (χ0n) is 21.7. The molecule has 1 nitrogen and oxygen atoms in total. The van der Waals surface area contributed by atoms with Crippen LogP contribution in [0.2, 0.25) is 0 Å². The molecule has 0 amide bonds. The molecule has 0 aromatic rings. The number of rotatable bonds is 1. The fourth-order valence-corrected chi connectivity index (χ4v) is 11.5. The highest BCUT2D eigenvalue weighted by atomic mass is 16.3. The van der Waals surface area contributed by atoms with Crippen LogP contribution in [0.3, 0.4) is 0 Å². The van der Waals surface area contributed by atoms with Crippen LogP contribution in [-0.4, -0.2) is 11.2 Å². The van der Waals surface area contributed by atoms with Crippen LogP contribution in [0.15, 0.2) is 12.2 Å². The van der Waals surface area contributed by atoms with Gasteiger partial charge in [-0.25, -0.2) is 0 Å². The predicted molar refractivity (Wildman–Crippen MR) is 131 cm³/mol. The van der Waals surface area contributed by atoms with E-state index in [4.69, 9.17) is 0 Å². The van der Waals surface area contributed by atoms with Crippen molar-refractivity contribution in [2.45, 2.75) is 119 Å². The van der Waals surface area contributed by atoms with E-state index in [9.17, 15) is 5.11 Å². The first-order valence-corrected chi connectivity index (χ1v) is 13.6. The Balaban J connectivity index is 1.54. The Hall–Kier alpha value is -0.300. The number of aliphatic hydroxyl groups excluding tert-OH is 1. The summed E-state index contributed by atoms with van der Waals surface area (Å²) in [7, 11) is 0. The lowest BCUT2D eigenvalue weighted by molar-refractivity contribution is -0.236. The van der Waals surface area contributed by atoms with Crippen LogP contribution < -0.4 is 0 Å². The Bertz CT molecular complexity index is 766. The van der Waals surface area contributed by atoms with Gasteiger partial charge in [0.2, 0.25) is 0 Å². The first-order valence-electron chi connectivity index (χ1n) is 13.6. The maximum Gasteiger partial charge on any atom is 0.0594 e. The summed E-state index contributed by atoms with van der Waals surface area (Å²) in [6, 6.07) is 0. The number of hydrogen-bond donors (Lipinski definition) is 1. The second kappa shape index (κ2) is 6.64. The van der Waals surface area contributed by atoms with Gasteiger partial charge in [-0.3, -0.25) is 0 Å². The summed E-state index contributed by atoms with van der Waals surface area (Å²) in [5, 5.41) is 10.9. The van der Waals surface area contributed by atoms with Crippen LogP contribution in [0.25, 0.3) is 0 Å². The number of allylic oxidation sites excluding steroid dienone is 1. The van der Waals surface area contributed by atoms with Gasteiger partial charge in [0.05, 0.1) is 6.10 Å². The average Bonchev–Trinajstić information content (AvgIpc) is 3.06. The average molecular weight is 427 g/mol. The molecule has 10 atom stereocenters. The molecule has 0 aromatic heterocycles. The normalized spacial score (nSPS) is 57.9. The molecule has 0 radical (unpaired) electrons. The molecule has 10 unspecified atom stereocenters. The van der Waals surface area contributed by atoms with Crippen molar-refractivity contribution in [1.29, 1.82) is 0 Å². The van der Waals surface area contributed by atoms with E-state index in [1.165, 1.54) is 63.4 Å². The third kappa shape index (κ3) is 2.65. The number of fused-ring (bicyclic) bond motifs is 7. The highest BCUT2D eigenvalue weighted by Crippen LogP contribution is 2.77. The maximum absolute atomic E-state index is 10.9. The predicted octanol–water partition coefficient (Wildman–Crippen LogP) is 8.02. The molecule has 0 bridgehead atoms. The fourth-order valence-electron chi connectivity index (χ4n) is 11.5. The lowest BCUT2D eigenvalue weighted by atomic mass is 9.33. The van der Waals surface area contributed by atoms with Crippen molar-refractivity contribution < 1.29 is 5.11 Å². The summed E-state index contributed by atoms with van der Waals surface area (Å²) in [4.78, 5) is 0. The monoisotopic (exact) mass is 426 g/mol. The summed E-state index contributed by atoms with van der Waals surface area (Å²) >= 11 is 0. The van der Waals surface area contributed by atoms with Crippen molar-refractivity contribution in [2.24, 2.45) is 56.7 Å². The van der Waals surface area contributed by atoms with Gasteiger partial charge >= 0.3 is 0 Å². The molecular formula is C30H50O. The van der Waals surface area contributed by atoms with E-state index in [0.29, 0.717) is 27.6 Å². The van der Waals surface area contributed by atoms with Crippen LogP contribution in [-0.2, 0) is 0 Å². The highest BCUT2D eigenvalue weighted by molar-refractivity contribution is 5.21. The molecule has 5 rings (SSSR count). The van der Waals surface area contributed by atoms with Gasteiger partial charge in [0.15, 0.2) is 0 Å². The highest BCUT2D eigenvalue weighted by Gasteiger charge is 2.70. The Kier molecular flexibility index (Phi) is 4.82. The third-order valence-corrected chi connectivity index (χ3v) is 13.4. The van der Waals surface area contributed by atoms with Gasteiger partial charge in [-0.05, 0) is 128 Å². The van der Waals surface area contributed by atoms with Gasteiger partial charge < -0.3 is 5.11 Å². The van der Waals surface area contributed by atoms with Crippen LogP contribution >= 0.6 is 0 Å². The van der Waals surface area contributed by atoms with E-state index < -0.39 is 0 Å². The minimum Gasteiger partial charge on any atom is -0.393 e. The summed E-state index contributed by atoms with van der Waals surface area (Å²) in [6.45, 7) is 22.3. The summed E-state index contributed by atoms with van der Waals surface area (Å²) in [5.41, 5.74) is 3.39. The Morgan fingerprint density at radius 1 is 0.742 bits per heavy atom. The molecule has 0 saturated heterocycles. The molecule has 176 valence electrons. The minimum atomic E-state index is -0.114. The van der Waals surface area contributed by atoms with Gasteiger partial charge in [-0.1, -0.05) is 53.7 Å². The molecular weight excluding hydrogens is 376 g/mol. The molecule has 0 aliphatic heterocycles. The Morgan fingerprint density at radius 2 is 1.45 bits per heavy atom. The van der Waals surface area contributed by atoms with Crippen molar-refractivity contribution in [3.63, 3.8) is 0 Å². The second-order valence-electron chi connectivity index (χ2n) is 14.7. The summed E-state index contributed by atoms with van der Waals surface area (Å²) < 4.78 is 0. The van der Waals surface area contributed by atoms with Gasteiger partial charge in [0.1, 0.15) is 0 Å². The zero-order chi connectivity index (χ0) is 22.6. The van der Waals surface area contributed by atoms with Gasteiger partial charge in [0.25, 0.3) is 0 Å². The van der Waals surface area contributed by atoms with E-state index in [1.54, 1.807) is 0 Å². The van der Waals surface area contributed by atoms with E-state index >= 15 is 0 Å². The summed E-state index contributed by atoms with van der Waals surface area (Å²) in [5.74, 6) is 3.97. The van der Waals surface area contributed by atoms with E-state index in [0.717, 1.165) is 30.1 Å². The van der Waals surface area contributed by atoms with Gasteiger partial charge in [-0.15, -0.1) is 0 Å². The molecule has 5 aliphatic carbocycles. The van der Waals surface area contributed by atoms with Crippen molar-refractivity contribution in [1.82, 2.24) is 0 Å². The molecule has 1 N–H and O–H groups in total. The lowest BCUT2D eigenvalue weighted by Crippen LogP contribution is -2.65. The topological polar surface area (TPSA) is 20.2 Å². The Labute approximate surface area is 192 Å². The van der Waals surface area contributed by atoms with E-state index in [1.807, 2.05) is 0 Å². The molecule has 5 aliphatic rings. The molecule has 1 heteroatoms. The number of aliphatic hydroxyl groups is 1. The maximum atomic E-state index is 10.9. The van der Waals surface area contributed by atoms with Gasteiger partial charge in [-0.2, -0.15) is 0 Å². The number of hydrogen-bond acceptors (Lipinski definition) is 1. The second-order valence-corrected chi connectivity index (χ2v) is 14.7. The molecule has 0 spiro atoms. The SMILES string of the molecule is C=C(C)C1CCC2(C)CCC3(C)C4CCC5C(C)(C)C(O)CCC5(C)C4CCC3(C)C12. The zero-order valence-corrected chi connectivity index (χ0v) is 21.7. The first-order chi connectivity index (χ1) is 14.3. The molecule has 5 saturated carbocycles. The molecule has 0 aromatic carbocycles. The quantitative estimate of drug-likeness (QED) is 0.421. The van der Waals surface area contributed by atoms with Crippen LogP contribution in [0.5, 0.6) is 0 Å². The van der Waals surface area contributed by atoms with Crippen molar-refractivity contribution in [3.05, 3.63) is 12.2 Å². The van der Waals surface area contributed by atoms with E-state index in [-0.39, 0.29) is 11.5 Å². The third-order valence-electron chi connectivity index (χ3n) is 13.4. The minimum absolute atomic E-state index is 0.0707. The molecule has 0 heterocycles. The van der Waals surface area contributed by atoms with Crippen LogP contribution in [0, 0.1) is 56.7 Å². The standard InChI is InChI=1S/C30H50O/c1-19(2)20-11-14-27(5)17-18-29(7)22-9-10-23-26(3,4)24(31)13-15-28(23,6)21(22)12-16-30(29,8)25(20)27/h20-25,31H,1,9-18H2,2-8H3. The van der Waals surface area contributed by atoms with Crippen molar-refractivity contribution >= 4 is 0 Å². The van der Waals surface area contributed by atoms with Crippen molar-refractivity contribution in [2.75, 3.05) is 0 Å². The molecule has 31 heavy (non-hydrogen) atoms. The largest absolute Gasteiger partial charge is 0.393 e. The fraction of sp³-hybridized carbons (Fsp3) is 0.933. The lowest BCUT2D eigenvalue weighted by Gasteiger charge is -2.72. The molecule has 5 fully saturated rings. The van der Waals surface area contributed by atoms with Crippen LogP contribution in [0.4, 0.5) is 0 Å². The summed E-state index contributed by atoms with van der Waals surface area (Å²) in [6.07, 6.45) is 13.4. The van der Waals surface area contributed by atoms with Crippen molar-refractivity contribution in [3.8, 4) is 0 Å². The smallest absolute Gasteiger partial charge is 0.0594 e. The van der Waals surface area contributed by atoms with Crippen LogP contribution in [0.1, 0.15) is 113 Å². The van der Waals surface area contributed by atoms with Gasteiger partial charge in [0, 0.05) is 0 Å². The Morgan fingerprint density at radius 3 is 2.13 bits per heavy atom. The van der Waals surface area contributed by atoms with E-state index in [2.05, 4.69) is 55.0 Å². The first kappa shape index (κ1) is 22.5.